The molecule has 4 heteroatoms. The number of rotatable bonds is 4. The number of hydrogen-bond acceptors (Lipinski definition) is 2. The van der Waals surface area contributed by atoms with E-state index in [2.05, 4.69) is 10.6 Å². The highest BCUT2D eigenvalue weighted by Gasteiger charge is 2.01. The van der Waals surface area contributed by atoms with Crippen molar-refractivity contribution >= 4 is 23.2 Å². The molecule has 0 saturated heterocycles. The van der Waals surface area contributed by atoms with Gasteiger partial charge in [0.2, 0.25) is 5.91 Å². The van der Waals surface area contributed by atoms with Crippen LogP contribution in [0.4, 0.5) is 5.69 Å². The molecule has 0 bridgehead atoms. The van der Waals surface area contributed by atoms with Gasteiger partial charge in [-0.1, -0.05) is 17.7 Å². The fourth-order valence-electron chi connectivity index (χ4n) is 1.21. The van der Waals surface area contributed by atoms with Crippen LogP contribution in [0.15, 0.2) is 18.2 Å². The predicted octanol–water partition coefficient (Wildman–Crippen LogP) is 2.20. The number of halogens is 1. The first-order valence-corrected chi connectivity index (χ1v) is 5.22. The van der Waals surface area contributed by atoms with Crippen molar-refractivity contribution in [3.8, 4) is 0 Å². The lowest BCUT2D eigenvalue weighted by atomic mass is 10.2. The van der Waals surface area contributed by atoms with Crippen molar-refractivity contribution < 1.29 is 4.79 Å². The van der Waals surface area contributed by atoms with E-state index in [-0.39, 0.29) is 5.91 Å². The number of aryl methyl sites for hydroxylation is 1. The number of anilines is 1. The first-order valence-electron chi connectivity index (χ1n) is 4.84. The van der Waals surface area contributed by atoms with E-state index in [4.69, 9.17) is 11.6 Å². The molecule has 0 fully saturated rings. The van der Waals surface area contributed by atoms with Crippen molar-refractivity contribution in [2.24, 2.45) is 0 Å². The maximum absolute atomic E-state index is 11.0. The number of nitrogens with one attached hydrogen (secondary N) is 2. The summed E-state index contributed by atoms with van der Waals surface area (Å²) in [4.78, 5) is 11.0. The van der Waals surface area contributed by atoms with E-state index in [0.29, 0.717) is 18.0 Å². The van der Waals surface area contributed by atoms with Crippen molar-refractivity contribution in [1.82, 2.24) is 5.32 Å². The van der Waals surface area contributed by atoms with E-state index in [9.17, 15) is 4.79 Å². The van der Waals surface area contributed by atoms with E-state index in [1.807, 2.05) is 25.1 Å². The molecular weight excluding hydrogens is 212 g/mol. The van der Waals surface area contributed by atoms with Gasteiger partial charge < -0.3 is 10.6 Å². The topological polar surface area (TPSA) is 41.1 Å². The molecular formula is C11H15ClN2O. The Labute approximate surface area is 94.8 Å². The molecule has 0 aromatic heterocycles. The van der Waals surface area contributed by atoms with Gasteiger partial charge in [-0.15, -0.1) is 0 Å². The summed E-state index contributed by atoms with van der Waals surface area (Å²) in [5, 5.41) is 6.37. The maximum atomic E-state index is 11.0. The highest BCUT2D eigenvalue weighted by Crippen LogP contribution is 2.22. The molecule has 0 aliphatic carbocycles. The second-order valence-corrected chi connectivity index (χ2v) is 3.74. The monoisotopic (exact) mass is 226 g/mol. The predicted molar refractivity (Wildman–Crippen MR) is 63.4 cm³/mol. The van der Waals surface area contributed by atoms with Crippen LogP contribution >= 0.6 is 11.6 Å². The molecule has 0 unspecified atom stereocenters. The molecule has 15 heavy (non-hydrogen) atoms. The summed E-state index contributed by atoms with van der Waals surface area (Å²) in [6.07, 6.45) is 0.445. The third kappa shape index (κ3) is 3.80. The Morgan fingerprint density at radius 1 is 1.47 bits per heavy atom. The molecule has 82 valence electrons. The number of carbonyl (C=O) groups excluding carboxylic acids is 1. The first kappa shape index (κ1) is 11.9. The van der Waals surface area contributed by atoms with Gasteiger partial charge in [-0.3, -0.25) is 4.79 Å². The summed E-state index contributed by atoms with van der Waals surface area (Å²) in [5.74, 6) is 0.0197. The molecule has 0 saturated carbocycles. The van der Waals surface area contributed by atoms with Gasteiger partial charge in [0.15, 0.2) is 0 Å². The minimum Gasteiger partial charge on any atom is -0.383 e. The molecule has 2 N–H and O–H groups in total. The standard InChI is InChI=1S/C11H15ClN2O/c1-8-3-4-9(12)10(7-8)14-6-5-11(15)13-2/h3-4,7,14H,5-6H2,1-2H3,(H,13,15). The molecule has 3 nitrogen and oxygen atoms in total. The van der Waals surface area contributed by atoms with E-state index in [1.165, 1.54) is 0 Å². The highest BCUT2D eigenvalue weighted by molar-refractivity contribution is 6.33. The van der Waals surface area contributed by atoms with E-state index < -0.39 is 0 Å². The molecule has 0 radical (unpaired) electrons. The average molecular weight is 227 g/mol. The van der Waals surface area contributed by atoms with Crippen molar-refractivity contribution in [1.29, 1.82) is 0 Å². The van der Waals surface area contributed by atoms with Gasteiger partial charge in [-0.05, 0) is 24.6 Å². The van der Waals surface area contributed by atoms with Crippen LogP contribution in [-0.2, 0) is 4.79 Å². The number of carbonyl (C=O) groups is 1. The van der Waals surface area contributed by atoms with Crippen LogP contribution in [0.5, 0.6) is 0 Å². The third-order valence-electron chi connectivity index (χ3n) is 2.07. The van der Waals surface area contributed by atoms with Gasteiger partial charge in [0.05, 0.1) is 10.7 Å². The zero-order valence-electron chi connectivity index (χ0n) is 8.93. The molecule has 1 aromatic rings. The molecule has 1 rings (SSSR count). The molecule has 0 spiro atoms. The van der Waals surface area contributed by atoms with Gasteiger partial charge in [0, 0.05) is 20.0 Å². The Hall–Kier alpha value is -1.22. The molecule has 0 aliphatic heterocycles. The van der Waals surface area contributed by atoms with E-state index in [1.54, 1.807) is 7.05 Å². The minimum absolute atomic E-state index is 0.0197. The van der Waals surface area contributed by atoms with Crippen LogP contribution in [0.25, 0.3) is 0 Å². The summed E-state index contributed by atoms with van der Waals surface area (Å²) < 4.78 is 0. The third-order valence-corrected chi connectivity index (χ3v) is 2.40. The van der Waals surface area contributed by atoms with Crippen molar-refractivity contribution in [3.05, 3.63) is 28.8 Å². The Morgan fingerprint density at radius 3 is 2.87 bits per heavy atom. The Balaban J connectivity index is 2.50. The molecule has 0 atom stereocenters. The Morgan fingerprint density at radius 2 is 2.20 bits per heavy atom. The molecule has 1 aromatic carbocycles. The number of hydrogen-bond donors (Lipinski definition) is 2. The molecule has 1 amide bonds. The summed E-state index contributed by atoms with van der Waals surface area (Å²) in [5.41, 5.74) is 2.02. The van der Waals surface area contributed by atoms with Crippen molar-refractivity contribution in [2.45, 2.75) is 13.3 Å². The fraction of sp³-hybridized carbons (Fsp3) is 0.364. The van der Waals surface area contributed by atoms with Crippen LogP contribution in [-0.4, -0.2) is 19.5 Å². The second-order valence-electron chi connectivity index (χ2n) is 3.33. The van der Waals surface area contributed by atoms with Crippen LogP contribution in [0, 0.1) is 6.92 Å². The minimum atomic E-state index is 0.0197. The van der Waals surface area contributed by atoms with E-state index >= 15 is 0 Å². The van der Waals surface area contributed by atoms with Crippen LogP contribution in [0.2, 0.25) is 5.02 Å². The first-order chi connectivity index (χ1) is 7.13. The van der Waals surface area contributed by atoms with Crippen LogP contribution in [0.1, 0.15) is 12.0 Å². The van der Waals surface area contributed by atoms with Crippen LogP contribution < -0.4 is 10.6 Å². The van der Waals surface area contributed by atoms with Gasteiger partial charge >= 0.3 is 0 Å². The Kier molecular flexibility index (Phi) is 4.43. The average Bonchev–Trinajstić information content (AvgIpc) is 2.23. The zero-order valence-corrected chi connectivity index (χ0v) is 9.69. The van der Waals surface area contributed by atoms with Gasteiger partial charge in [0.25, 0.3) is 0 Å². The second kappa shape index (κ2) is 5.61. The lowest BCUT2D eigenvalue weighted by Gasteiger charge is -2.08. The summed E-state index contributed by atoms with van der Waals surface area (Å²) in [6.45, 7) is 2.59. The fourth-order valence-corrected chi connectivity index (χ4v) is 1.39. The van der Waals surface area contributed by atoms with Crippen LogP contribution in [0.3, 0.4) is 0 Å². The Bertz CT molecular complexity index is 352. The lowest BCUT2D eigenvalue weighted by molar-refractivity contribution is -0.120. The summed E-state index contributed by atoms with van der Waals surface area (Å²) in [7, 11) is 1.63. The van der Waals surface area contributed by atoms with Gasteiger partial charge in [0.1, 0.15) is 0 Å². The quantitative estimate of drug-likeness (QED) is 0.827. The largest absolute Gasteiger partial charge is 0.383 e. The lowest BCUT2D eigenvalue weighted by Crippen LogP contribution is -2.20. The van der Waals surface area contributed by atoms with Gasteiger partial charge in [-0.2, -0.15) is 0 Å². The van der Waals surface area contributed by atoms with Crippen molar-refractivity contribution in [2.75, 3.05) is 18.9 Å². The highest BCUT2D eigenvalue weighted by atomic mass is 35.5. The maximum Gasteiger partial charge on any atom is 0.221 e. The summed E-state index contributed by atoms with van der Waals surface area (Å²) in [6, 6.07) is 5.76. The summed E-state index contributed by atoms with van der Waals surface area (Å²) >= 11 is 5.98. The van der Waals surface area contributed by atoms with Gasteiger partial charge in [-0.25, -0.2) is 0 Å². The van der Waals surface area contributed by atoms with E-state index in [0.717, 1.165) is 11.3 Å². The SMILES string of the molecule is CNC(=O)CCNc1cc(C)ccc1Cl. The normalized spacial score (nSPS) is 9.80. The van der Waals surface area contributed by atoms with Crippen molar-refractivity contribution in [3.63, 3.8) is 0 Å². The molecule has 0 aliphatic rings. The smallest absolute Gasteiger partial charge is 0.221 e. The number of benzene rings is 1. The molecule has 0 heterocycles. The number of amides is 1. The zero-order chi connectivity index (χ0) is 11.3.